The fraction of sp³-hybridized carbons (Fsp3) is 0.526. The summed E-state index contributed by atoms with van der Waals surface area (Å²) in [5, 5.41) is 0. The van der Waals surface area contributed by atoms with E-state index in [-0.39, 0.29) is 25.7 Å². The molecule has 0 unspecified atom stereocenters. The maximum atomic E-state index is 12.2. The summed E-state index contributed by atoms with van der Waals surface area (Å²) in [6.45, 7) is 5.34. The zero-order valence-electron chi connectivity index (χ0n) is 15.4. The number of amides is 1. The Kier molecular flexibility index (Phi) is 6.60. The van der Waals surface area contributed by atoms with E-state index in [1.807, 2.05) is 30.3 Å². The topological polar surface area (TPSA) is 82.1 Å². The lowest BCUT2D eigenvalue weighted by molar-refractivity contribution is -0.145. The molecule has 0 aliphatic carbocycles. The van der Waals surface area contributed by atoms with Crippen LogP contribution in [0.5, 0.6) is 0 Å². The molecule has 1 aliphatic rings. The average molecular weight is 363 g/mol. The molecule has 2 rings (SSSR count). The Balaban J connectivity index is 1.76. The van der Waals surface area contributed by atoms with E-state index in [4.69, 9.17) is 14.2 Å². The molecule has 0 radical (unpaired) electrons. The highest BCUT2D eigenvalue weighted by molar-refractivity contribution is 5.84. The third-order valence-corrected chi connectivity index (χ3v) is 3.72. The molecular formula is C19H25NO6. The Bertz CT molecular complexity index is 637. The lowest BCUT2D eigenvalue weighted by Gasteiger charge is -2.25. The molecule has 0 aromatic heterocycles. The van der Waals surface area contributed by atoms with Crippen LogP contribution in [0.2, 0.25) is 0 Å². The van der Waals surface area contributed by atoms with Gasteiger partial charge in [0, 0.05) is 6.42 Å². The number of esters is 2. The minimum atomic E-state index is -0.730. The maximum absolute atomic E-state index is 12.2. The number of hydrogen-bond acceptors (Lipinski definition) is 6. The van der Waals surface area contributed by atoms with Gasteiger partial charge in [-0.3, -0.25) is 9.69 Å². The highest BCUT2D eigenvalue weighted by Crippen LogP contribution is 2.21. The number of ether oxygens (including phenoxy) is 3. The first kappa shape index (κ1) is 19.8. The summed E-state index contributed by atoms with van der Waals surface area (Å²) >= 11 is 0. The largest absolute Gasteiger partial charge is 0.461 e. The van der Waals surface area contributed by atoms with Crippen LogP contribution in [0.25, 0.3) is 0 Å². The van der Waals surface area contributed by atoms with E-state index in [0.29, 0.717) is 12.8 Å². The van der Waals surface area contributed by atoms with Crippen LogP contribution in [0, 0.1) is 0 Å². The minimum Gasteiger partial charge on any atom is -0.461 e. The van der Waals surface area contributed by atoms with E-state index in [0.717, 1.165) is 5.56 Å². The molecule has 1 atom stereocenters. The van der Waals surface area contributed by atoms with Crippen LogP contribution in [0.3, 0.4) is 0 Å². The molecule has 142 valence electrons. The van der Waals surface area contributed by atoms with Crippen molar-refractivity contribution in [1.82, 2.24) is 4.90 Å². The summed E-state index contributed by atoms with van der Waals surface area (Å²) in [7, 11) is 0. The van der Waals surface area contributed by atoms with Crippen molar-refractivity contribution in [3.8, 4) is 0 Å². The first-order chi connectivity index (χ1) is 12.3. The second kappa shape index (κ2) is 8.69. The van der Waals surface area contributed by atoms with Crippen molar-refractivity contribution in [2.75, 3.05) is 6.73 Å². The Morgan fingerprint density at radius 3 is 2.58 bits per heavy atom. The number of nitrogens with zero attached hydrogens (tertiary/aromatic N) is 1. The molecule has 0 spiro atoms. The fourth-order valence-corrected chi connectivity index (χ4v) is 2.47. The summed E-state index contributed by atoms with van der Waals surface area (Å²) in [6, 6.07) is 8.66. The van der Waals surface area contributed by atoms with Gasteiger partial charge in [-0.05, 0) is 39.2 Å². The number of rotatable bonds is 6. The van der Waals surface area contributed by atoms with Gasteiger partial charge in [-0.25, -0.2) is 9.59 Å². The number of benzene rings is 1. The molecule has 1 saturated heterocycles. The van der Waals surface area contributed by atoms with Gasteiger partial charge in [0.25, 0.3) is 0 Å². The normalized spacial score (nSPS) is 17.0. The summed E-state index contributed by atoms with van der Waals surface area (Å²) in [6.07, 6.45) is 0.296. The van der Waals surface area contributed by atoms with Crippen molar-refractivity contribution in [1.29, 1.82) is 0 Å². The molecule has 0 N–H and O–H groups in total. The van der Waals surface area contributed by atoms with Gasteiger partial charge < -0.3 is 14.2 Å². The molecular weight excluding hydrogens is 338 g/mol. The molecule has 1 amide bonds. The van der Waals surface area contributed by atoms with E-state index in [1.54, 1.807) is 20.8 Å². The van der Waals surface area contributed by atoms with Gasteiger partial charge in [0.05, 0.1) is 0 Å². The predicted octanol–water partition coefficient (Wildman–Crippen LogP) is 3.02. The number of cyclic esters (lactones) is 1. The summed E-state index contributed by atoms with van der Waals surface area (Å²) in [4.78, 5) is 37.1. The number of carbonyl (C=O) groups excluding carboxylic acids is 3. The molecule has 1 aliphatic heterocycles. The molecule has 0 bridgehead atoms. The minimum absolute atomic E-state index is 0.128. The third-order valence-electron chi connectivity index (χ3n) is 3.72. The van der Waals surface area contributed by atoms with Gasteiger partial charge in [0.1, 0.15) is 18.2 Å². The molecule has 7 nitrogen and oxygen atoms in total. The molecule has 1 aromatic carbocycles. The van der Waals surface area contributed by atoms with Crippen molar-refractivity contribution in [3.63, 3.8) is 0 Å². The van der Waals surface area contributed by atoms with Crippen LogP contribution in [-0.4, -0.2) is 41.3 Å². The van der Waals surface area contributed by atoms with E-state index < -0.39 is 23.7 Å². The molecule has 1 fully saturated rings. The smallest absolute Gasteiger partial charge is 0.413 e. The highest BCUT2D eigenvalue weighted by atomic mass is 16.6. The summed E-state index contributed by atoms with van der Waals surface area (Å²) in [5.74, 6) is -0.822. The molecule has 1 aromatic rings. The van der Waals surface area contributed by atoms with Crippen molar-refractivity contribution < 1.29 is 28.6 Å². The van der Waals surface area contributed by atoms with Crippen molar-refractivity contribution in [2.45, 2.75) is 58.3 Å². The average Bonchev–Trinajstić information content (AvgIpc) is 2.93. The zero-order chi connectivity index (χ0) is 19.2. The van der Waals surface area contributed by atoms with Crippen LogP contribution in [0.15, 0.2) is 30.3 Å². The van der Waals surface area contributed by atoms with Gasteiger partial charge in [0.2, 0.25) is 0 Å². The Labute approximate surface area is 153 Å². The van der Waals surface area contributed by atoms with Gasteiger partial charge in [0.15, 0.2) is 6.73 Å². The second-order valence-corrected chi connectivity index (χ2v) is 7.10. The van der Waals surface area contributed by atoms with Gasteiger partial charge in [-0.2, -0.15) is 0 Å². The number of carbonyl (C=O) groups is 3. The lowest BCUT2D eigenvalue weighted by atomic mass is 10.1. The van der Waals surface area contributed by atoms with Crippen LogP contribution >= 0.6 is 0 Å². The Morgan fingerprint density at radius 1 is 1.23 bits per heavy atom. The molecule has 7 heteroatoms. The fourth-order valence-electron chi connectivity index (χ4n) is 2.47. The van der Waals surface area contributed by atoms with Crippen molar-refractivity contribution in [3.05, 3.63) is 35.9 Å². The second-order valence-electron chi connectivity index (χ2n) is 7.10. The molecule has 26 heavy (non-hydrogen) atoms. The van der Waals surface area contributed by atoms with Crippen LogP contribution in [0.4, 0.5) is 4.79 Å². The van der Waals surface area contributed by atoms with Gasteiger partial charge in [-0.15, -0.1) is 0 Å². The SMILES string of the molecule is CC(C)(C)OC(=O)N1COC(=O)[C@@H]1CCCC(=O)OCc1ccccc1. The lowest BCUT2D eigenvalue weighted by Crippen LogP contribution is -2.41. The van der Waals surface area contributed by atoms with Gasteiger partial charge in [-0.1, -0.05) is 30.3 Å². The van der Waals surface area contributed by atoms with E-state index in [9.17, 15) is 14.4 Å². The first-order valence-corrected chi connectivity index (χ1v) is 8.62. The van der Waals surface area contributed by atoms with Crippen LogP contribution in [-0.2, 0) is 30.4 Å². The van der Waals surface area contributed by atoms with Gasteiger partial charge >= 0.3 is 18.0 Å². The predicted molar refractivity (Wildman–Crippen MR) is 92.9 cm³/mol. The Hall–Kier alpha value is -2.57. The molecule has 0 saturated carbocycles. The van der Waals surface area contributed by atoms with E-state index in [2.05, 4.69) is 0 Å². The monoisotopic (exact) mass is 363 g/mol. The summed E-state index contributed by atoms with van der Waals surface area (Å²) in [5.41, 5.74) is 0.255. The highest BCUT2D eigenvalue weighted by Gasteiger charge is 2.39. The van der Waals surface area contributed by atoms with Crippen LogP contribution in [0.1, 0.15) is 45.6 Å². The van der Waals surface area contributed by atoms with Crippen molar-refractivity contribution in [2.24, 2.45) is 0 Å². The third kappa shape index (κ3) is 6.06. The van der Waals surface area contributed by atoms with E-state index in [1.165, 1.54) is 4.90 Å². The van der Waals surface area contributed by atoms with Crippen LogP contribution < -0.4 is 0 Å². The zero-order valence-corrected chi connectivity index (χ0v) is 15.4. The standard InChI is InChI=1S/C19H25NO6/c1-19(2,3)26-18(23)20-13-25-17(22)15(20)10-7-11-16(21)24-12-14-8-5-4-6-9-14/h4-6,8-9,15H,7,10-13H2,1-3H3/t15-/m0/s1. The Morgan fingerprint density at radius 2 is 1.92 bits per heavy atom. The quantitative estimate of drug-likeness (QED) is 0.571. The van der Waals surface area contributed by atoms with Crippen molar-refractivity contribution >= 4 is 18.0 Å². The number of hydrogen-bond donors (Lipinski definition) is 0. The first-order valence-electron chi connectivity index (χ1n) is 8.62. The maximum Gasteiger partial charge on any atom is 0.413 e. The van der Waals surface area contributed by atoms with E-state index >= 15 is 0 Å². The molecule has 1 heterocycles. The summed E-state index contributed by atoms with van der Waals surface area (Å²) < 4.78 is 15.4.